The normalized spacial score (nSPS) is 12.9. The van der Waals surface area contributed by atoms with E-state index in [1.54, 1.807) is 7.05 Å². The van der Waals surface area contributed by atoms with Gasteiger partial charge >= 0.3 is 0 Å². The molecule has 0 spiro atoms. The monoisotopic (exact) mass is 368 g/mol. The van der Waals surface area contributed by atoms with Gasteiger partial charge in [0.15, 0.2) is 6.04 Å². The molecule has 2 rings (SSSR count). The molecule has 0 radical (unpaired) electrons. The first-order valence-corrected chi connectivity index (χ1v) is 9.26. The molecule has 0 heterocycles. The standard InChI is InChI=1S/C22H29N3O2/c1-16-10-12-20(13-11-16)23-21(26)15-25(5)22(27)18(3)24(4)14-19-9-7-6-8-17(19)2/h6-13,18H,14-15H2,1-5H3,(H,23,26)/p+1/t18-/m0/s1. The lowest BCUT2D eigenvalue weighted by Gasteiger charge is -2.26. The van der Waals surface area contributed by atoms with E-state index in [9.17, 15) is 9.59 Å². The van der Waals surface area contributed by atoms with Crippen LogP contribution in [-0.4, -0.2) is 43.4 Å². The molecular formula is C22H30N3O2+. The number of hydrogen-bond donors (Lipinski definition) is 2. The highest BCUT2D eigenvalue weighted by atomic mass is 16.2. The first kappa shape index (κ1) is 20.6. The number of carbonyl (C=O) groups is 2. The first-order valence-electron chi connectivity index (χ1n) is 9.26. The van der Waals surface area contributed by atoms with Crippen molar-refractivity contribution in [1.82, 2.24) is 4.90 Å². The lowest BCUT2D eigenvalue weighted by molar-refractivity contribution is -0.908. The molecule has 0 saturated carbocycles. The van der Waals surface area contributed by atoms with E-state index in [-0.39, 0.29) is 24.4 Å². The van der Waals surface area contributed by atoms with Crippen molar-refractivity contribution >= 4 is 17.5 Å². The quantitative estimate of drug-likeness (QED) is 0.783. The molecule has 1 unspecified atom stereocenters. The van der Waals surface area contributed by atoms with Gasteiger partial charge in [0.25, 0.3) is 5.91 Å². The molecule has 2 aromatic carbocycles. The summed E-state index contributed by atoms with van der Waals surface area (Å²) in [5.74, 6) is -0.237. The number of carbonyl (C=O) groups excluding carboxylic acids is 2. The number of quaternary nitrogens is 1. The third-order valence-corrected chi connectivity index (χ3v) is 4.93. The lowest BCUT2D eigenvalue weighted by Crippen LogP contribution is -3.12. The summed E-state index contributed by atoms with van der Waals surface area (Å²) >= 11 is 0. The van der Waals surface area contributed by atoms with E-state index < -0.39 is 0 Å². The minimum atomic E-state index is -0.234. The highest BCUT2D eigenvalue weighted by Crippen LogP contribution is 2.08. The Morgan fingerprint density at radius 2 is 1.70 bits per heavy atom. The Bertz CT molecular complexity index is 786. The van der Waals surface area contributed by atoms with Crippen molar-refractivity contribution < 1.29 is 14.5 Å². The molecule has 144 valence electrons. The number of amides is 2. The first-order chi connectivity index (χ1) is 12.8. The number of benzene rings is 2. The van der Waals surface area contributed by atoms with E-state index in [0.29, 0.717) is 0 Å². The SMILES string of the molecule is Cc1ccc(NC(=O)CN(C)C(=O)[C@H](C)[NH+](C)Cc2ccccc2C)cc1. The van der Waals surface area contributed by atoms with Crippen LogP contribution >= 0.6 is 0 Å². The fraction of sp³-hybridized carbons (Fsp3) is 0.364. The molecule has 2 aromatic rings. The van der Waals surface area contributed by atoms with Crippen molar-refractivity contribution in [2.75, 3.05) is 26.0 Å². The maximum atomic E-state index is 12.7. The number of nitrogens with zero attached hydrogens (tertiary/aromatic N) is 1. The Morgan fingerprint density at radius 3 is 2.33 bits per heavy atom. The van der Waals surface area contributed by atoms with E-state index in [0.717, 1.165) is 22.7 Å². The van der Waals surface area contributed by atoms with E-state index in [1.807, 2.05) is 57.3 Å². The molecule has 0 bridgehead atoms. The second kappa shape index (κ2) is 9.33. The van der Waals surface area contributed by atoms with Crippen LogP contribution in [0.1, 0.15) is 23.6 Å². The number of anilines is 1. The van der Waals surface area contributed by atoms with Crippen LogP contribution < -0.4 is 10.2 Å². The number of aryl methyl sites for hydroxylation is 2. The van der Waals surface area contributed by atoms with E-state index >= 15 is 0 Å². The third kappa shape index (κ3) is 5.93. The van der Waals surface area contributed by atoms with E-state index in [2.05, 4.69) is 24.4 Å². The summed E-state index contributed by atoms with van der Waals surface area (Å²) in [4.78, 5) is 27.5. The number of rotatable bonds is 7. The fourth-order valence-corrected chi connectivity index (χ4v) is 2.93. The second-order valence-electron chi connectivity index (χ2n) is 7.28. The minimum Gasteiger partial charge on any atom is -0.331 e. The lowest BCUT2D eigenvalue weighted by atomic mass is 10.1. The highest BCUT2D eigenvalue weighted by Gasteiger charge is 2.26. The van der Waals surface area contributed by atoms with Gasteiger partial charge in [-0.1, -0.05) is 42.0 Å². The van der Waals surface area contributed by atoms with Crippen molar-refractivity contribution in [2.45, 2.75) is 33.4 Å². The molecule has 2 N–H and O–H groups in total. The molecule has 0 saturated heterocycles. The van der Waals surface area contributed by atoms with Gasteiger partial charge in [0, 0.05) is 18.3 Å². The summed E-state index contributed by atoms with van der Waals surface area (Å²) < 4.78 is 0. The summed E-state index contributed by atoms with van der Waals surface area (Å²) in [6.07, 6.45) is 0. The molecule has 5 nitrogen and oxygen atoms in total. The van der Waals surface area contributed by atoms with Gasteiger partial charge in [-0.05, 0) is 38.5 Å². The summed E-state index contributed by atoms with van der Waals surface area (Å²) in [6.45, 7) is 6.79. The number of nitrogens with one attached hydrogen (secondary N) is 2. The topological polar surface area (TPSA) is 53.9 Å². The average molecular weight is 369 g/mol. The molecule has 0 aliphatic rings. The van der Waals surface area contributed by atoms with Crippen molar-refractivity contribution in [3.05, 3.63) is 65.2 Å². The second-order valence-corrected chi connectivity index (χ2v) is 7.28. The van der Waals surface area contributed by atoms with Gasteiger partial charge in [-0.2, -0.15) is 0 Å². The fourth-order valence-electron chi connectivity index (χ4n) is 2.93. The van der Waals surface area contributed by atoms with Crippen LogP contribution in [0.25, 0.3) is 0 Å². The Balaban J connectivity index is 1.89. The van der Waals surface area contributed by atoms with Crippen molar-refractivity contribution in [2.24, 2.45) is 0 Å². The maximum Gasteiger partial charge on any atom is 0.280 e. The minimum absolute atomic E-state index is 0.0364. The molecule has 5 heteroatoms. The predicted octanol–water partition coefficient (Wildman–Crippen LogP) is 1.80. The van der Waals surface area contributed by atoms with Gasteiger partial charge in [-0.15, -0.1) is 0 Å². The average Bonchev–Trinajstić information content (AvgIpc) is 2.64. The van der Waals surface area contributed by atoms with E-state index in [4.69, 9.17) is 0 Å². The van der Waals surface area contributed by atoms with Gasteiger partial charge in [-0.3, -0.25) is 9.59 Å². The van der Waals surface area contributed by atoms with Gasteiger partial charge in [0.2, 0.25) is 5.91 Å². The Kier molecular flexibility index (Phi) is 7.13. The molecule has 0 aliphatic carbocycles. The highest BCUT2D eigenvalue weighted by molar-refractivity contribution is 5.94. The van der Waals surface area contributed by atoms with Crippen molar-refractivity contribution in [3.8, 4) is 0 Å². The zero-order chi connectivity index (χ0) is 20.0. The van der Waals surface area contributed by atoms with Crippen molar-refractivity contribution in [3.63, 3.8) is 0 Å². The zero-order valence-electron chi connectivity index (χ0n) is 16.9. The third-order valence-electron chi connectivity index (χ3n) is 4.93. The van der Waals surface area contributed by atoms with Gasteiger partial charge in [0.05, 0.1) is 13.6 Å². The van der Waals surface area contributed by atoms with E-state index in [1.165, 1.54) is 16.0 Å². The molecule has 0 aliphatic heterocycles. The maximum absolute atomic E-state index is 12.7. The number of likely N-dealkylation sites (N-methyl/N-ethyl adjacent to an activating group) is 2. The van der Waals surface area contributed by atoms with Crippen LogP contribution in [0.15, 0.2) is 48.5 Å². The van der Waals surface area contributed by atoms with Crippen LogP contribution in [0.5, 0.6) is 0 Å². The van der Waals surface area contributed by atoms with Crippen LogP contribution in [-0.2, 0) is 16.1 Å². The van der Waals surface area contributed by atoms with Crippen LogP contribution in [0, 0.1) is 13.8 Å². The van der Waals surface area contributed by atoms with Gasteiger partial charge in [0.1, 0.15) is 6.54 Å². The summed E-state index contributed by atoms with van der Waals surface area (Å²) in [7, 11) is 3.68. The molecular weight excluding hydrogens is 338 g/mol. The smallest absolute Gasteiger partial charge is 0.280 e. The summed E-state index contributed by atoms with van der Waals surface area (Å²) in [5.41, 5.74) is 4.33. The molecule has 27 heavy (non-hydrogen) atoms. The molecule has 0 fully saturated rings. The summed E-state index contributed by atoms with van der Waals surface area (Å²) in [5, 5.41) is 2.83. The van der Waals surface area contributed by atoms with Crippen molar-refractivity contribution in [1.29, 1.82) is 0 Å². The Morgan fingerprint density at radius 1 is 1.07 bits per heavy atom. The molecule has 2 amide bonds. The zero-order valence-corrected chi connectivity index (χ0v) is 16.9. The summed E-state index contributed by atoms with van der Waals surface area (Å²) in [6, 6.07) is 15.6. The van der Waals surface area contributed by atoms with Crippen LogP contribution in [0.3, 0.4) is 0 Å². The predicted molar refractivity (Wildman–Crippen MR) is 109 cm³/mol. The largest absolute Gasteiger partial charge is 0.331 e. The molecule has 0 aromatic heterocycles. The van der Waals surface area contributed by atoms with Gasteiger partial charge < -0.3 is 15.1 Å². The Hall–Kier alpha value is -2.66. The van der Waals surface area contributed by atoms with Crippen LogP contribution in [0.2, 0.25) is 0 Å². The molecule has 2 atom stereocenters. The van der Waals surface area contributed by atoms with Gasteiger partial charge in [-0.25, -0.2) is 0 Å². The Labute approximate surface area is 162 Å². The van der Waals surface area contributed by atoms with Crippen LogP contribution in [0.4, 0.5) is 5.69 Å². The number of hydrogen-bond acceptors (Lipinski definition) is 2.